The van der Waals surface area contributed by atoms with Gasteiger partial charge in [0.25, 0.3) is 0 Å². The lowest BCUT2D eigenvalue weighted by molar-refractivity contribution is 0.129. The van der Waals surface area contributed by atoms with Crippen molar-refractivity contribution in [2.24, 2.45) is 12.0 Å². The minimum absolute atomic E-state index is 0.243. The largest absolute Gasteiger partial charge is 0.490 e. The van der Waals surface area contributed by atoms with Crippen molar-refractivity contribution in [1.29, 1.82) is 0 Å². The number of rotatable bonds is 7. The monoisotopic (exact) mass is 438 g/mol. The van der Waals surface area contributed by atoms with Crippen LogP contribution in [0.4, 0.5) is 0 Å². The second kappa shape index (κ2) is 10.4. The second-order valence-corrected chi connectivity index (χ2v) is 8.77. The SMILES string of the molecule is Cc1nnc(CN=C(NCCc2cccs2)N2CCC(Oc3ccccc3)CC2)n1C. The van der Waals surface area contributed by atoms with E-state index >= 15 is 0 Å². The van der Waals surface area contributed by atoms with Crippen molar-refractivity contribution in [3.63, 3.8) is 0 Å². The van der Waals surface area contributed by atoms with Crippen LogP contribution in [0.2, 0.25) is 0 Å². The zero-order valence-corrected chi connectivity index (χ0v) is 19.0. The maximum Gasteiger partial charge on any atom is 0.194 e. The molecule has 0 bridgehead atoms. The Morgan fingerprint density at radius 2 is 1.97 bits per heavy atom. The molecule has 0 saturated carbocycles. The molecule has 3 heterocycles. The van der Waals surface area contributed by atoms with E-state index in [1.807, 2.05) is 48.9 Å². The first-order valence-electron chi connectivity index (χ1n) is 10.8. The lowest BCUT2D eigenvalue weighted by atomic mass is 10.1. The molecule has 0 aliphatic carbocycles. The van der Waals surface area contributed by atoms with E-state index in [0.29, 0.717) is 6.54 Å². The van der Waals surface area contributed by atoms with Gasteiger partial charge in [0.2, 0.25) is 0 Å². The molecule has 3 aromatic rings. The molecule has 1 aromatic carbocycles. The first kappa shape index (κ1) is 21.4. The van der Waals surface area contributed by atoms with E-state index in [0.717, 1.165) is 62.3 Å². The van der Waals surface area contributed by atoms with Crippen LogP contribution in [0, 0.1) is 6.92 Å². The molecule has 0 radical (unpaired) electrons. The average molecular weight is 439 g/mol. The smallest absolute Gasteiger partial charge is 0.194 e. The highest BCUT2D eigenvalue weighted by molar-refractivity contribution is 7.09. The Hall–Kier alpha value is -2.87. The lowest BCUT2D eigenvalue weighted by Crippen LogP contribution is -2.48. The number of piperidine rings is 1. The zero-order chi connectivity index (χ0) is 21.5. The van der Waals surface area contributed by atoms with Gasteiger partial charge in [-0.25, -0.2) is 4.99 Å². The van der Waals surface area contributed by atoms with Crippen molar-refractivity contribution in [2.45, 2.75) is 38.8 Å². The van der Waals surface area contributed by atoms with Crippen LogP contribution in [0.5, 0.6) is 5.75 Å². The third-order valence-corrected chi connectivity index (χ3v) is 6.51. The molecule has 0 amide bonds. The molecule has 1 aliphatic heterocycles. The third-order valence-electron chi connectivity index (χ3n) is 5.58. The molecule has 2 aromatic heterocycles. The van der Waals surface area contributed by atoms with E-state index in [9.17, 15) is 0 Å². The van der Waals surface area contributed by atoms with Crippen LogP contribution in [0.15, 0.2) is 52.8 Å². The second-order valence-electron chi connectivity index (χ2n) is 7.74. The maximum atomic E-state index is 6.15. The first-order chi connectivity index (χ1) is 15.2. The summed E-state index contributed by atoms with van der Waals surface area (Å²) in [6, 6.07) is 14.4. The van der Waals surface area contributed by atoms with Gasteiger partial charge in [0.05, 0.1) is 0 Å². The Bertz CT molecular complexity index is 961. The van der Waals surface area contributed by atoms with Crippen molar-refractivity contribution in [3.8, 4) is 5.75 Å². The number of ether oxygens (including phenoxy) is 1. The third kappa shape index (κ3) is 5.85. The highest BCUT2D eigenvalue weighted by Crippen LogP contribution is 2.19. The Morgan fingerprint density at radius 3 is 2.65 bits per heavy atom. The summed E-state index contributed by atoms with van der Waals surface area (Å²) < 4.78 is 8.15. The Labute approximate surface area is 187 Å². The quantitative estimate of drug-likeness (QED) is 0.452. The van der Waals surface area contributed by atoms with E-state index < -0.39 is 0 Å². The van der Waals surface area contributed by atoms with Crippen LogP contribution in [-0.2, 0) is 20.0 Å². The van der Waals surface area contributed by atoms with Gasteiger partial charge in [-0.1, -0.05) is 24.3 Å². The van der Waals surface area contributed by atoms with Crippen molar-refractivity contribution in [2.75, 3.05) is 19.6 Å². The lowest BCUT2D eigenvalue weighted by Gasteiger charge is -2.34. The van der Waals surface area contributed by atoms with Gasteiger partial charge in [-0.15, -0.1) is 21.5 Å². The fraction of sp³-hybridized carbons (Fsp3) is 0.435. The molecule has 4 rings (SSSR count). The predicted octanol–water partition coefficient (Wildman–Crippen LogP) is 3.42. The number of aromatic nitrogens is 3. The molecule has 8 heteroatoms. The Morgan fingerprint density at radius 1 is 1.16 bits per heavy atom. The number of para-hydroxylation sites is 1. The maximum absolute atomic E-state index is 6.15. The van der Waals surface area contributed by atoms with Crippen LogP contribution >= 0.6 is 11.3 Å². The molecule has 31 heavy (non-hydrogen) atoms. The van der Waals surface area contributed by atoms with E-state index in [-0.39, 0.29) is 6.10 Å². The topological polar surface area (TPSA) is 67.6 Å². The standard InChI is InChI=1S/C23H30N6OS/c1-18-26-27-22(28(18)2)17-25-23(24-13-10-21-9-6-16-31-21)29-14-11-20(12-15-29)30-19-7-4-3-5-8-19/h3-9,16,20H,10-15,17H2,1-2H3,(H,24,25). The van der Waals surface area contributed by atoms with Crippen LogP contribution < -0.4 is 10.1 Å². The van der Waals surface area contributed by atoms with Crippen LogP contribution in [0.1, 0.15) is 29.4 Å². The van der Waals surface area contributed by atoms with Crippen LogP contribution in [0.25, 0.3) is 0 Å². The molecule has 1 aliphatic rings. The molecule has 0 atom stereocenters. The highest BCUT2D eigenvalue weighted by atomic mass is 32.1. The molecule has 0 spiro atoms. The summed E-state index contributed by atoms with van der Waals surface area (Å²) in [5.74, 6) is 3.66. The summed E-state index contributed by atoms with van der Waals surface area (Å²) in [6.45, 7) is 5.16. The number of nitrogens with one attached hydrogen (secondary N) is 1. The van der Waals surface area contributed by atoms with Crippen molar-refractivity contribution in [3.05, 3.63) is 64.4 Å². The molecule has 1 fully saturated rings. The van der Waals surface area contributed by atoms with Crippen LogP contribution in [0.3, 0.4) is 0 Å². The summed E-state index contributed by atoms with van der Waals surface area (Å²) in [7, 11) is 1.98. The molecule has 1 saturated heterocycles. The van der Waals surface area contributed by atoms with Gasteiger partial charge in [-0.3, -0.25) is 0 Å². The van der Waals surface area contributed by atoms with E-state index in [1.165, 1.54) is 4.88 Å². The summed E-state index contributed by atoms with van der Waals surface area (Å²) in [5.41, 5.74) is 0. The number of benzene rings is 1. The predicted molar refractivity (Wildman–Crippen MR) is 125 cm³/mol. The van der Waals surface area contributed by atoms with Crippen molar-refractivity contribution < 1.29 is 4.74 Å². The number of guanidine groups is 1. The van der Waals surface area contributed by atoms with Gasteiger partial charge >= 0.3 is 0 Å². The van der Waals surface area contributed by atoms with Crippen molar-refractivity contribution in [1.82, 2.24) is 25.0 Å². The van der Waals surface area contributed by atoms with Gasteiger partial charge in [0.15, 0.2) is 11.8 Å². The Kier molecular flexibility index (Phi) is 7.19. The van der Waals surface area contributed by atoms with Gasteiger partial charge in [0, 0.05) is 44.4 Å². The normalized spacial score (nSPS) is 15.3. The number of nitrogens with zero attached hydrogens (tertiary/aromatic N) is 5. The molecule has 7 nitrogen and oxygen atoms in total. The molecular weight excluding hydrogens is 408 g/mol. The number of hydrogen-bond acceptors (Lipinski definition) is 5. The number of aryl methyl sites for hydroxylation is 1. The molecule has 1 N–H and O–H groups in total. The molecule has 0 unspecified atom stereocenters. The zero-order valence-electron chi connectivity index (χ0n) is 18.2. The number of hydrogen-bond donors (Lipinski definition) is 1. The summed E-state index contributed by atoms with van der Waals surface area (Å²) >= 11 is 1.79. The van der Waals surface area contributed by atoms with Gasteiger partial charge in [-0.2, -0.15) is 0 Å². The van der Waals surface area contributed by atoms with E-state index in [1.54, 1.807) is 11.3 Å². The molecule has 164 valence electrons. The van der Waals surface area contributed by atoms with Gasteiger partial charge < -0.3 is 19.5 Å². The molecular formula is C23H30N6OS. The fourth-order valence-corrected chi connectivity index (χ4v) is 4.34. The minimum atomic E-state index is 0.243. The number of thiophene rings is 1. The van der Waals surface area contributed by atoms with Gasteiger partial charge in [-0.05, 0) is 36.9 Å². The fourth-order valence-electron chi connectivity index (χ4n) is 3.63. The summed E-state index contributed by atoms with van der Waals surface area (Å²) in [4.78, 5) is 8.61. The summed E-state index contributed by atoms with van der Waals surface area (Å²) in [5, 5.41) is 14.1. The Balaban J connectivity index is 1.37. The summed E-state index contributed by atoms with van der Waals surface area (Å²) in [6.07, 6.45) is 3.19. The highest BCUT2D eigenvalue weighted by Gasteiger charge is 2.23. The number of likely N-dealkylation sites (tertiary alicyclic amines) is 1. The van der Waals surface area contributed by atoms with Crippen molar-refractivity contribution >= 4 is 17.3 Å². The van der Waals surface area contributed by atoms with E-state index in [2.05, 4.69) is 37.9 Å². The number of aliphatic imine (C=N–C) groups is 1. The minimum Gasteiger partial charge on any atom is -0.490 e. The first-order valence-corrected chi connectivity index (χ1v) is 11.7. The van der Waals surface area contributed by atoms with E-state index in [4.69, 9.17) is 9.73 Å². The van der Waals surface area contributed by atoms with Gasteiger partial charge in [0.1, 0.15) is 24.2 Å². The van der Waals surface area contributed by atoms with Crippen LogP contribution in [-0.4, -0.2) is 51.4 Å². The average Bonchev–Trinajstić information content (AvgIpc) is 3.43.